The molecule has 4 aliphatic rings. The number of aromatic hydroxyl groups is 1. The van der Waals surface area contributed by atoms with Crippen LogP contribution in [0.4, 0.5) is 23.4 Å². The zero-order chi connectivity index (χ0) is 32.6. The molecule has 47 heavy (non-hydrogen) atoms. The Morgan fingerprint density at radius 1 is 1.15 bits per heavy atom. The van der Waals surface area contributed by atoms with Crippen molar-refractivity contribution >= 4 is 39.1 Å². The molecule has 2 unspecified atom stereocenters. The van der Waals surface area contributed by atoms with Gasteiger partial charge in [0.1, 0.15) is 29.5 Å². The van der Waals surface area contributed by atoms with Crippen LogP contribution in [-0.4, -0.2) is 70.4 Å². The molecule has 4 fully saturated rings. The molecule has 4 aliphatic heterocycles. The summed E-state index contributed by atoms with van der Waals surface area (Å²) in [6.07, 6.45) is 7.76. The van der Waals surface area contributed by atoms with Gasteiger partial charge in [0.05, 0.1) is 16.1 Å². The average Bonchev–Trinajstić information content (AvgIpc) is 3.71. The Labute approximate surface area is 273 Å². The van der Waals surface area contributed by atoms with Crippen LogP contribution in [0.3, 0.4) is 0 Å². The van der Waals surface area contributed by atoms with Crippen LogP contribution in [0.5, 0.6) is 11.8 Å². The van der Waals surface area contributed by atoms with E-state index < -0.39 is 23.3 Å². The molecule has 12 heteroatoms. The van der Waals surface area contributed by atoms with Crippen molar-refractivity contribution in [2.75, 3.05) is 37.7 Å². The first-order valence-electron chi connectivity index (χ1n) is 15.7. The van der Waals surface area contributed by atoms with Crippen molar-refractivity contribution in [1.29, 1.82) is 0 Å². The fourth-order valence-corrected chi connectivity index (χ4v) is 8.40. The molecule has 4 aromatic rings. The van der Waals surface area contributed by atoms with Gasteiger partial charge in [0.25, 0.3) is 6.08 Å². The van der Waals surface area contributed by atoms with Crippen LogP contribution >= 0.6 is 11.6 Å². The Morgan fingerprint density at radius 3 is 2.68 bits per heavy atom. The van der Waals surface area contributed by atoms with E-state index in [4.69, 9.17) is 27.7 Å². The highest BCUT2D eigenvalue weighted by Gasteiger charge is 2.48. The predicted molar refractivity (Wildman–Crippen MR) is 172 cm³/mol. The SMILES string of the molecule is C#Cc1c(F)ccc2cc(O)cc(-c3c(Cl)cc4c(N5CC6CCC(C5)N6)nc(OC[C@]56CCCN5CC(=C(F)F)C6)nc4c3F)c12. The second-order valence-electron chi connectivity index (χ2n) is 13.1. The number of anilines is 1. The first-order valence-corrected chi connectivity index (χ1v) is 16.1. The van der Waals surface area contributed by atoms with Crippen LogP contribution in [0.1, 0.15) is 37.7 Å². The molecule has 5 heterocycles. The number of hydrogen-bond donors (Lipinski definition) is 2. The summed E-state index contributed by atoms with van der Waals surface area (Å²) in [6.45, 7) is 2.20. The second kappa shape index (κ2) is 11.3. The molecule has 2 bridgehead atoms. The van der Waals surface area contributed by atoms with E-state index in [2.05, 4.69) is 21.1 Å². The largest absolute Gasteiger partial charge is 0.508 e. The van der Waals surface area contributed by atoms with Crippen LogP contribution in [0.2, 0.25) is 5.02 Å². The molecular formula is C35H30ClF4N5O2. The maximum atomic E-state index is 17.0. The molecule has 0 spiro atoms. The highest BCUT2D eigenvalue weighted by Crippen LogP contribution is 2.45. The molecule has 1 aromatic heterocycles. The Bertz CT molecular complexity index is 2040. The number of hydrogen-bond acceptors (Lipinski definition) is 7. The van der Waals surface area contributed by atoms with Crippen LogP contribution in [0.15, 0.2) is 42.0 Å². The van der Waals surface area contributed by atoms with Crippen LogP contribution in [0, 0.1) is 24.0 Å². The lowest BCUT2D eigenvalue weighted by atomic mass is 9.93. The van der Waals surface area contributed by atoms with E-state index in [0.29, 0.717) is 42.6 Å². The maximum absolute atomic E-state index is 17.0. The molecule has 0 saturated carbocycles. The summed E-state index contributed by atoms with van der Waals surface area (Å²) in [5.41, 5.74) is -0.678. The van der Waals surface area contributed by atoms with Gasteiger partial charge in [0.2, 0.25) is 0 Å². The van der Waals surface area contributed by atoms with Crippen LogP contribution in [0.25, 0.3) is 32.8 Å². The number of terminal acetylenes is 1. The number of phenolic OH excluding ortho intramolecular Hbond substituents is 1. The van der Waals surface area contributed by atoms with Gasteiger partial charge in [-0.25, -0.2) is 8.78 Å². The van der Waals surface area contributed by atoms with Gasteiger partial charge < -0.3 is 20.1 Å². The fraction of sp³-hybridized carbons (Fsp3) is 0.371. The van der Waals surface area contributed by atoms with Gasteiger partial charge >= 0.3 is 6.01 Å². The molecule has 242 valence electrons. The van der Waals surface area contributed by atoms with E-state index in [-0.39, 0.29) is 81.6 Å². The molecule has 8 rings (SSSR count). The van der Waals surface area contributed by atoms with Crippen molar-refractivity contribution in [2.24, 2.45) is 0 Å². The van der Waals surface area contributed by atoms with Crippen molar-refractivity contribution < 1.29 is 27.4 Å². The van der Waals surface area contributed by atoms with E-state index in [1.54, 1.807) is 6.07 Å². The molecule has 2 N–H and O–H groups in total. The topological polar surface area (TPSA) is 73.8 Å². The first kappa shape index (κ1) is 30.2. The van der Waals surface area contributed by atoms with Gasteiger partial charge in [-0.3, -0.25) is 4.90 Å². The summed E-state index contributed by atoms with van der Waals surface area (Å²) in [5.74, 6) is 1.14. The molecule has 0 aliphatic carbocycles. The normalized spacial score (nSPS) is 23.9. The standard InChI is InChI=1S/C35H30ClF4N5O2/c1-2-23-27(37)7-4-18-10-22(46)11-24(28(18)23)29-26(36)12-25-31(30(29)38)42-34(43-33(25)44-15-20-5-6-21(16-44)41-20)47-17-35-8-3-9-45(35)14-19(13-35)32(39)40/h1,4,7,10-12,20-21,41,46H,3,5-6,8-9,13-17H2/t20?,21?,35-/m1/s1. The van der Waals surface area contributed by atoms with E-state index in [1.807, 2.05) is 4.90 Å². The van der Waals surface area contributed by atoms with Crippen LogP contribution < -0.4 is 15.0 Å². The predicted octanol–water partition coefficient (Wildman–Crippen LogP) is 6.78. The van der Waals surface area contributed by atoms with Gasteiger partial charge in [0.15, 0.2) is 5.82 Å². The number of ether oxygens (including phenoxy) is 1. The minimum Gasteiger partial charge on any atom is -0.508 e. The zero-order valence-corrected chi connectivity index (χ0v) is 26.0. The summed E-state index contributed by atoms with van der Waals surface area (Å²) in [5, 5.41) is 15.2. The number of rotatable bonds is 5. The van der Waals surface area contributed by atoms with Crippen molar-refractivity contribution in [2.45, 2.75) is 49.7 Å². The number of halogens is 5. The highest BCUT2D eigenvalue weighted by atomic mass is 35.5. The molecule has 3 atom stereocenters. The smallest absolute Gasteiger partial charge is 0.319 e. The Balaban J connectivity index is 1.29. The average molecular weight is 664 g/mol. The Kier molecular flexibility index (Phi) is 7.24. The number of nitrogens with zero attached hydrogens (tertiary/aromatic N) is 4. The number of phenols is 1. The first-order chi connectivity index (χ1) is 22.6. The number of aromatic nitrogens is 2. The minimum absolute atomic E-state index is 0.00441. The number of benzene rings is 3. The van der Waals surface area contributed by atoms with Crippen molar-refractivity contribution in [3.05, 3.63) is 64.2 Å². The zero-order valence-electron chi connectivity index (χ0n) is 25.2. The van der Waals surface area contributed by atoms with Gasteiger partial charge in [-0.1, -0.05) is 23.6 Å². The van der Waals surface area contributed by atoms with E-state index in [1.165, 1.54) is 24.3 Å². The number of nitrogens with one attached hydrogen (secondary N) is 1. The molecular weight excluding hydrogens is 634 g/mol. The lowest BCUT2D eigenvalue weighted by molar-refractivity contribution is 0.108. The number of fused-ring (bicyclic) bond motifs is 5. The molecule has 4 saturated heterocycles. The third-order valence-electron chi connectivity index (χ3n) is 10.2. The third kappa shape index (κ3) is 4.96. The summed E-state index contributed by atoms with van der Waals surface area (Å²) in [6, 6.07) is 7.35. The van der Waals surface area contributed by atoms with E-state index in [9.17, 15) is 18.3 Å². The van der Waals surface area contributed by atoms with E-state index >= 15 is 4.39 Å². The lowest BCUT2D eigenvalue weighted by Gasteiger charge is -2.34. The summed E-state index contributed by atoms with van der Waals surface area (Å²) in [7, 11) is 0. The van der Waals surface area contributed by atoms with Gasteiger partial charge in [0, 0.05) is 53.6 Å². The number of piperazine rings is 1. The molecule has 3 aromatic carbocycles. The van der Waals surface area contributed by atoms with Crippen molar-refractivity contribution in [3.63, 3.8) is 0 Å². The monoisotopic (exact) mass is 663 g/mol. The molecule has 7 nitrogen and oxygen atoms in total. The van der Waals surface area contributed by atoms with E-state index in [0.717, 1.165) is 19.3 Å². The maximum Gasteiger partial charge on any atom is 0.319 e. The van der Waals surface area contributed by atoms with Crippen molar-refractivity contribution in [3.8, 4) is 35.2 Å². The van der Waals surface area contributed by atoms with Gasteiger partial charge in [-0.05, 0) is 73.9 Å². The summed E-state index contributed by atoms with van der Waals surface area (Å²) < 4.78 is 65.3. The quantitative estimate of drug-likeness (QED) is 0.180. The van der Waals surface area contributed by atoms with Crippen LogP contribution in [-0.2, 0) is 0 Å². The lowest BCUT2D eigenvalue weighted by Crippen LogP contribution is -2.51. The minimum atomic E-state index is -1.66. The highest BCUT2D eigenvalue weighted by molar-refractivity contribution is 6.35. The summed E-state index contributed by atoms with van der Waals surface area (Å²) in [4.78, 5) is 13.4. The van der Waals surface area contributed by atoms with Gasteiger partial charge in [-0.2, -0.15) is 18.7 Å². The molecule has 0 amide bonds. The third-order valence-corrected chi connectivity index (χ3v) is 10.5. The fourth-order valence-electron chi connectivity index (χ4n) is 8.11. The Morgan fingerprint density at radius 2 is 1.94 bits per heavy atom. The summed E-state index contributed by atoms with van der Waals surface area (Å²) >= 11 is 6.84. The molecule has 0 radical (unpaired) electrons. The van der Waals surface area contributed by atoms with Crippen molar-refractivity contribution in [1.82, 2.24) is 20.2 Å². The Hall–Kier alpha value is -4.11. The van der Waals surface area contributed by atoms with Gasteiger partial charge in [-0.15, -0.1) is 6.42 Å². The second-order valence-corrected chi connectivity index (χ2v) is 13.5.